The van der Waals surface area contributed by atoms with Crippen LogP contribution in [-0.4, -0.2) is 72.4 Å². The lowest BCUT2D eigenvalue weighted by Gasteiger charge is -2.31. The Morgan fingerprint density at radius 1 is 1.12 bits per heavy atom. The van der Waals surface area contributed by atoms with E-state index in [0.29, 0.717) is 30.1 Å². The maximum atomic E-state index is 13.5. The number of rotatable bonds is 9. The number of amides is 2. The van der Waals surface area contributed by atoms with E-state index < -0.39 is 6.43 Å². The van der Waals surface area contributed by atoms with E-state index in [2.05, 4.69) is 15.2 Å². The number of hydrogen-bond acceptors (Lipinski definition) is 5. The first kappa shape index (κ1) is 24.4. The molecule has 7 nitrogen and oxygen atoms in total. The molecule has 0 unspecified atom stereocenters. The summed E-state index contributed by atoms with van der Waals surface area (Å²) in [6, 6.07) is 11.3. The maximum Gasteiger partial charge on any atom is 0.324 e. The molecule has 0 aliphatic carbocycles. The second kappa shape index (κ2) is 11.1. The molecule has 0 bridgehead atoms. The van der Waals surface area contributed by atoms with Crippen LogP contribution < -0.4 is 4.90 Å². The van der Waals surface area contributed by atoms with Crippen LogP contribution in [0.2, 0.25) is 0 Å². The van der Waals surface area contributed by atoms with Crippen molar-refractivity contribution >= 4 is 23.1 Å². The number of halogens is 2. The largest absolute Gasteiger partial charge is 0.324 e. The smallest absolute Gasteiger partial charge is 0.323 e. The lowest BCUT2D eigenvalue weighted by Crippen LogP contribution is -2.45. The van der Waals surface area contributed by atoms with Crippen molar-refractivity contribution in [2.75, 3.05) is 38.6 Å². The number of carbonyl (C=O) groups is 1. The Morgan fingerprint density at radius 3 is 2.48 bits per heavy atom. The zero-order valence-electron chi connectivity index (χ0n) is 19.5. The van der Waals surface area contributed by atoms with E-state index in [-0.39, 0.29) is 24.7 Å². The molecule has 176 valence electrons. The van der Waals surface area contributed by atoms with Gasteiger partial charge in [-0.25, -0.2) is 13.6 Å². The average Bonchev–Trinajstić information content (AvgIpc) is 3.29. The Morgan fingerprint density at radius 2 is 1.91 bits per heavy atom. The van der Waals surface area contributed by atoms with Crippen molar-refractivity contribution in [1.82, 2.24) is 14.8 Å². The Labute approximate surface area is 193 Å². The molecule has 0 fully saturated rings. The first-order valence-electron chi connectivity index (χ1n) is 10.9. The molecule has 1 aromatic carbocycles. The number of anilines is 1. The molecule has 0 saturated carbocycles. The fourth-order valence-electron chi connectivity index (χ4n) is 3.44. The summed E-state index contributed by atoms with van der Waals surface area (Å²) in [7, 11) is 3.96. The highest BCUT2D eigenvalue weighted by molar-refractivity contribution is 6.15. The molecule has 9 heteroatoms. The molecule has 0 N–H and O–H groups in total. The average molecular weight is 457 g/mol. The van der Waals surface area contributed by atoms with E-state index in [4.69, 9.17) is 0 Å². The van der Waals surface area contributed by atoms with Gasteiger partial charge >= 0.3 is 6.03 Å². The van der Waals surface area contributed by atoms with E-state index in [1.54, 1.807) is 23.2 Å². The molecule has 2 heterocycles. The molecule has 33 heavy (non-hydrogen) atoms. The van der Waals surface area contributed by atoms with E-state index in [1.165, 1.54) is 0 Å². The Bertz CT molecular complexity index is 1020. The number of urea groups is 1. The van der Waals surface area contributed by atoms with Crippen LogP contribution in [0.15, 0.2) is 52.8 Å². The first-order chi connectivity index (χ1) is 15.8. The molecule has 0 atom stereocenters. The van der Waals surface area contributed by atoms with Crippen molar-refractivity contribution in [2.24, 2.45) is 10.2 Å². The van der Waals surface area contributed by atoms with Gasteiger partial charge in [-0.2, -0.15) is 10.2 Å². The van der Waals surface area contributed by atoms with E-state index in [0.717, 1.165) is 17.8 Å². The molecule has 3 rings (SSSR count). The van der Waals surface area contributed by atoms with Crippen LogP contribution in [0, 0.1) is 6.92 Å². The topological polar surface area (TPSA) is 64.4 Å². The number of aromatic nitrogens is 1. The van der Waals surface area contributed by atoms with Crippen LogP contribution in [-0.2, 0) is 6.54 Å². The monoisotopic (exact) mass is 456 g/mol. The number of alkyl halides is 2. The number of hydrogen-bond donors (Lipinski definition) is 0. The molecule has 0 radical (unpaired) electrons. The maximum absolute atomic E-state index is 13.5. The summed E-state index contributed by atoms with van der Waals surface area (Å²) >= 11 is 0. The third-order valence-electron chi connectivity index (χ3n) is 5.39. The summed E-state index contributed by atoms with van der Waals surface area (Å²) in [5.74, 6) is 0. The lowest BCUT2D eigenvalue weighted by atomic mass is 10.1. The number of aryl methyl sites for hydroxylation is 1. The molecule has 0 spiro atoms. The fourth-order valence-corrected chi connectivity index (χ4v) is 3.44. The molecule has 0 saturated heterocycles. The Hall–Kier alpha value is -3.20. The van der Waals surface area contributed by atoms with Gasteiger partial charge in [-0.05, 0) is 57.8 Å². The fraction of sp³-hybridized carbons (Fsp3) is 0.417. The van der Waals surface area contributed by atoms with Crippen molar-refractivity contribution in [3.8, 4) is 0 Å². The zero-order valence-corrected chi connectivity index (χ0v) is 19.5. The van der Waals surface area contributed by atoms with Crippen LogP contribution in [0.25, 0.3) is 0 Å². The van der Waals surface area contributed by atoms with Gasteiger partial charge in [0.25, 0.3) is 6.43 Å². The number of pyridine rings is 1. The van der Waals surface area contributed by atoms with Crippen LogP contribution >= 0.6 is 0 Å². The minimum atomic E-state index is -2.61. The van der Waals surface area contributed by atoms with Crippen molar-refractivity contribution in [1.29, 1.82) is 0 Å². The Kier molecular flexibility index (Phi) is 8.21. The Balaban J connectivity index is 1.79. The van der Waals surface area contributed by atoms with Crippen LogP contribution in [0.3, 0.4) is 0 Å². The standard InChI is InChI=1S/C24H30F2N6O/c1-5-31(12-11-30(3)4)24(33)32(20-8-6-7-17(2)13-20)16-19-10-9-18(15-27-19)21-14-22(23(25)26)29-28-21/h6-10,13,15,23H,5,11-12,14,16H2,1-4H3. The SMILES string of the molecule is CCN(CCN(C)C)C(=O)N(Cc1ccc(C2=NN=C(C(F)F)C2)cn1)c1cccc(C)c1. The normalized spacial score (nSPS) is 13.3. The van der Waals surface area contributed by atoms with Gasteiger partial charge in [-0.3, -0.25) is 9.88 Å². The number of benzene rings is 1. The van der Waals surface area contributed by atoms with Gasteiger partial charge in [-0.15, -0.1) is 0 Å². The van der Waals surface area contributed by atoms with Crippen molar-refractivity contribution in [3.05, 3.63) is 59.4 Å². The van der Waals surface area contributed by atoms with Gasteiger partial charge in [-0.1, -0.05) is 12.1 Å². The molecule has 2 amide bonds. The summed E-state index contributed by atoms with van der Waals surface area (Å²) in [4.78, 5) is 23.5. The van der Waals surface area contributed by atoms with Gasteiger partial charge in [0.1, 0.15) is 5.71 Å². The lowest BCUT2D eigenvalue weighted by molar-refractivity contribution is 0.201. The van der Waals surface area contributed by atoms with Crippen LogP contribution in [0.1, 0.15) is 30.2 Å². The highest BCUT2D eigenvalue weighted by Crippen LogP contribution is 2.21. The van der Waals surface area contributed by atoms with E-state index in [1.807, 2.05) is 62.0 Å². The molecule has 1 aromatic heterocycles. The van der Waals surface area contributed by atoms with Crippen molar-refractivity contribution in [2.45, 2.75) is 33.2 Å². The summed E-state index contributed by atoms with van der Waals surface area (Å²) in [5.41, 5.74) is 3.42. The first-order valence-corrected chi connectivity index (χ1v) is 10.9. The third kappa shape index (κ3) is 6.41. The predicted octanol–water partition coefficient (Wildman–Crippen LogP) is 4.21. The minimum absolute atomic E-state index is 0.0178. The van der Waals surface area contributed by atoms with Crippen LogP contribution in [0.4, 0.5) is 19.3 Å². The summed E-state index contributed by atoms with van der Waals surface area (Å²) < 4.78 is 25.7. The van der Waals surface area contributed by atoms with Crippen molar-refractivity contribution < 1.29 is 13.6 Å². The van der Waals surface area contributed by atoms with Gasteiger partial charge in [0, 0.05) is 43.5 Å². The van der Waals surface area contributed by atoms with Crippen molar-refractivity contribution in [3.63, 3.8) is 0 Å². The van der Waals surface area contributed by atoms with Gasteiger partial charge in [0.2, 0.25) is 0 Å². The van der Waals surface area contributed by atoms with Crippen LogP contribution in [0.5, 0.6) is 0 Å². The third-order valence-corrected chi connectivity index (χ3v) is 5.39. The minimum Gasteiger partial charge on any atom is -0.323 e. The number of likely N-dealkylation sites (N-methyl/N-ethyl adjacent to an activating group) is 2. The van der Waals surface area contributed by atoms with E-state index >= 15 is 0 Å². The second-order valence-corrected chi connectivity index (χ2v) is 8.24. The van der Waals surface area contributed by atoms with Gasteiger partial charge in [0.05, 0.1) is 18.0 Å². The highest BCUT2D eigenvalue weighted by Gasteiger charge is 2.24. The number of carbonyl (C=O) groups excluding carboxylic acids is 1. The summed E-state index contributed by atoms with van der Waals surface area (Å²) in [5, 5.41) is 7.42. The molecule has 2 aromatic rings. The summed E-state index contributed by atoms with van der Waals surface area (Å²) in [6.45, 7) is 6.20. The second-order valence-electron chi connectivity index (χ2n) is 8.24. The highest BCUT2D eigenvalue weighted by atomic mass is 19.3. The molecular weight excluding hydrogens is 426 g/mol. The molecule has 1 aliphatic heterocycles. The predicted molar refractivity (Wildman–Crippen MR) is 127 cm³/mol. The zero-order chi connectivity index (χ0) is 24.0. The quantitative estimate of drug-likeness (QED) is 0.568. The molecular formula is C24H30F2N6O. The van der Waals surface area contributed by atoms with Gasteiger partial charge < -0.3 is 9.80 Å². The number of nitrogens with zero attached hydrogens (tertiary/aromatic N) is 6. The van der Waals surface area contributed by atoms with Gasteiger partial charge in [0.15, 0.2) is 0 Å². The van der Waals surface area contributed by atoms with E-state index in [9.17, 15) is 13.6 Å². The summed E-state index contributed by atoms with van der Waals surface area (Å²) in [6.07, 6.45) is -0.994. The molecule has 1 aliphatic rings.